The third-order valence-corrected chi connectivity index (χ3v) is 1.00. The highest BCUT2D eigenvalue weighted by Gasteiger charge is 1.91. The smallest absolute Gasteiger partial charge is 0.232 e. The largest absolute Gasteiger partial charge is 0.369 e. The Kier molecular flexibility index (Phi) is 3.38. The van der Waals surface area contributed by atoms with Crippen molar-refractivity contribution in [2.24, 2.45) is 5.73 Å². The molecule has 1 unspecified atom stereocenters. The number of primary amides is 1. The number of rotatable bonds is 3. The maximum absolute atomic E-state index is 10.1. The molecule has 0 aromatic rings. The molecule has 0 aromatic carbocycles. The highest BCUT2D eigenvalue weighted by molar-refractivity contribution is 7.82. The van der Waals surface area contributed by atoms with Crippen LogP contribution in [0, 0.1) is 0 Å². The van der Waals surface area contributed by atoms with Crippen LogP contribution in [-0.4, -0.2) is 22.9 Å². The second-order valence-electron chi connectivity index (χ2n) is 1.24. The molecule has 4 nitrogen and oxygen atoms in total. The molecular formula is C3H8N2O2S. The fourth-order valence-corrected chi connectivity index (χ4v) is 0.518. The zero-order chi connectivity index (χ0) is 6.57. The van der Waals surface area contributed by atoms with Crippen molar-refractivity contribution in [2.45, 2.75) is 0 Å². The highest BCUT2D eigenvalue weighted by atomic mass is 32.2. The van der Waals surface area contributed by atoms with Crippen LogP contribution in [0.15, 0.2) is 0 Å². The minimum atomic E-state index is -1.14. The summed E-state index contributed by atoms with van der Waals surface area (Å²) < 4.78 is 12.5. The van der Waals surface area contributed by atoms with Gasteiger partial charge < -0.3 is 5.73 Å². The van der Waals surface area contributed by atoms with Crippen LogP contribution in [0.3, 0.4) is 0 Å². The molecule has 48 valence electrons. The molecule has 0 spiro atoms. The zero-order valence-electron chi connectivity index (χ0n) is 4.51. The molecule has 0 saturated heterocycles. The van der Waals surface area contributed by atoms with E-state index >= 15 is 0 Å². The predicted molar refractivity (Wildman–Crippen MR) is 31.3 cm³/mol. The van der Waals surface area contributed by atoms with Gasteiger partial charge in [-0.25, -0.2) is 8.93 Å². The third kappa shape index (κ3) is 5.58. The molecule has 3 N–H and O–H groups in total. The number of hydrogen-bond acceptors (Lipinski definition) is 2. The average molecular weight is 136 g/mol. The predicted octanol–water partition coefficient (Wildman–Crippen LogP) is -1.65. The Labute approximate surface area is 50.0 Å². The summed E-state index contributed by atoms with van der Waals surface area (Å²) in [5.41, 5.74) is 4.70. The van der Waals surface area contributed by atoms with E-state index in [-0.39, 0.29) is 6.54 Å². The van der Waals surface area contributed by atoms with Crippen molar-refractivity contribution in [3.63, 3.8) is 0 Å². The summed E-state index contributed by atoms with van der Waals surface area (Å²) >= 11 is 0. The van der Waals surface area contributed by atoms with Gasteiger partial charge in [-0.05, 0) is 0 Å². The van der Waals surface area contributed by atoms with Crippen LogP contribution in [0.1, 0.15) is 0 Å². The van der Waals surface area contributed by atoms with E-state index in [0.29, 0.717) is 0 Å². The molecule has 8 heavy (non-hydrogen) atoms. The van der Waals surface area contributed by atoms with Gasteiger partial charge in [-0.2, -0.15) is 0 Å². The van der Waals surface area contributed by atoms with Gasteiger partial charge in [0.05, 0.1) is 17.5 Å². The summed E-state index contributed by atoms with van der Waals surface area (Å²) in [6, 6.07) is 0. The van der Waals surface area contributed by atoms with Gasteiger partial charge in [0, 0.05) is 6.26 Å². The van der Waals surface area contributed by atoms with E-state index in [4.69, 9.17) is 5.73 Å². The van der Waals surface area contributed by atoms with E-state index in [1.165, 1.54) is 6.26 Å². The van der Waals surface area contributed by atoms with Crippen LogP contribution in [0.2, 0.25) is 0 Å². The van der Waals surface area contributed by atoms with Crippen molar-refractivity contribution in [3.8, 4) is 0 Å². The van der Waals surface area contributed by atoms with Crippen molar-refractivity contribution >= 4 is 16.9 Å². The van der Waals surface area contributed by atoms with E-state index in [2.05, 4.69) is 4.72 Å². The Morgan fingerprint density at radius 1 is 1.88 bits per heavy atom. The highest BCUT2D eigenvalue weighted by Crippen LogP contribution is 1.60. The minimum absolute atomic E-state index is 0.0247. The van der Waals surface area contributed by atoms with Gasteiger partial charge in [-0.1, -0.05) is 0 Å². The quantitative estimate of drug-likeness (QED) is 0.488. The maximum atomic E-state index is 10.1. The molecule has 0 aromatic heterocycles. The van der Waals surface area contributed by atoms with Crippen LogP contribution in [0.4, 0.5) is 0 Å². The van der Waals surface area contributed by atoms with Crippen LogP contribution >= 0.6 is 0 Å². The van der Waals surface area contributed by atoms with Crippen molar-refractivity contribution in [1.82, 2.24) is 4.72 Å². The van der Waals surface area contributed by atoms with Crippen molar-refractivity contribution in [2.75, 3.05) is 12.8 Å². The van der Waals surface area contributed by atoms with Crippen molar-refractivity contribution < 1.29 is 9.00 Å². The van der Waals surface area contributed by atoms with Crippen molar-refractivity contribution in [3.05, 3.63) is 0 Å². The molecule has 0 fully saturated rings. The van der Waals surface area contributed by atoms with Crippen LogP contribution in [0.5, 0.6) is 0 Å². The molecule has 0 saturated carbocycles. The van der Waals surface area contributed by atoms with E-state index in [1.807, 2.05) is 0 Å². The first-order valence-corrected chi connectivity index (χ1v) is 3.54. The first-order valence-electron chi connectivity index (χ1n) is 1.98. The molecule has 5 heteroatoms. The number of amides is 1. The van der Waals surface area contributed by atoms with Crippen molar-refractivity contribution in [1.29, 1.82) is 0 Å². The summed E-state index contributed by atoms with van der Waals surface area (Å²) in [5, 5.41) is 0. The van der Waals surface area contributed by atoms with Gasteiger partial charge >= 0.3 is 0 Å². The molecule has 1 atom stereocenters. The number of carbonyl (C=O) groups is 1. The van der Waals surface area contributed by atoms with E-state index in [9.17, 15) is 9.00 Å². The molecule has 0 aliphatic rings. The Balaban J connectivity index is 3.18. The SMILES string of the molecule is CS(=O)NCC(N)=O. The fraction of sp³-hybridized carbons (Fsp3) is 0.667. The lowest BCUT2D eigenvalue weighted by atomic mass is 10.7. The second-order valence-corrected chi connectivity index (χ2v) is 2.44. The van der Waals surface area contributed by atoms with Crippen LogP contribution < -0.4 is 10.5 Å². The standard InChI is InChI=1S/C3H8N2O2S/c1-8(7)5-2-3(4)6/h5H,2H2,1H3,(H2,4,6). The van der Waals surface area contributed by atoms with E-state index in [0.717, 1.165) is 0 Å². The van der Waals surface area contributed by atoms with Gasteiger partial charge in [-0.15, -0.1) is 0 Å². The Morgan fingerprint density at radius 2 is 2.38 bits per heavy atom. The monoisotopic (exact) mass is 136 g/mol. The lowest BCUT2D eigenvalue weighted by Crippen LogP contribution is -2.29. The Hall–Kier alpha value is -0.420. The summed E-state index contributed by atoms with van der Waals surface area (Å²) in [6.07, 6.45) is 1.43. The first-order chi connectivity index (χ1) is 3.63. The zero-order valence-corrected chi connectivity index (χ0v) is 5.33. The lowest BCUT2D eigenvalue weighted by molar-refractivity contribution is -0.116. The first kappa shape index (κ1) is 7.58. The minimum Gasteiger partial charge on any atom is -0.369 e. The van der Waals surface area contributed by atoms with Gasteiger partial charge in [0.25, 0.3) is 0 Å². The van der Waals surface area contributed by atoms with Gasteiger partial charge in [0.2, 0.25) is 5.91 Å². The molecule has 0 rings (SSSR count). The molecule has 0 heterocycles. The lowest BCUT2D eigenvalue weighted by Gasteiger charge is -1.92. The van der Waals surface area contributed by atoms with Gasteiger partial charge in [-0.3, -0.25) is 4.79 Å². The molecule has 1 amide bonds. The normalized spacial score (nSPS) is 13.1. The molecule has 0 aliphatic carbocycles. The summed E-state index contributed by atoms with van der Waals surface area (Å²) in [6.45, 7) is -0.0247. The maximum Gasteiger partial charge on any atom is 0.232 e. The number of hydrogen-bond donors (Lipinski definition) is 2. The van der Waals surface area contributed by atoms with E-state index in [1.54, 1.807) is 0 Å². The number of nitrogens with two attached hydrogens (primary N) is 1. The van der Waals surface area contributed by atoms with Gasteiger partial charge in [0.1, 0.15) is 0 Å². The third-order valence-electron chi connectivity index (χ3n) is 0.450. The second kappa shape index (κ2) is 3.57. The Morgan fingerprint density at radius 3 is 2.50 bits per heavy atom. The summed E-state index contributed by atoms with van der Waals surface area (Å²) in [4.78, 5) is 9.93. The average Bonchev–Trinajstić information content (AvgIpc) is 1.61. The van der Waals surface area contributed by atoms with Crippen LogP contribution in [0.25, 0.3) is 0 Å². The van der Waals surface area contributed by atoms with E-state index < -0.39 is 16.9 Å². The molecule has 0 aliphatic heterocycles. The summed E-state index contributed by atoms with van der Waals surface area (Å²) in [7, 11) is -1.14. The topological polar surface area (TPSA) is 72.2 Å². The molecular weight excluding hydrogens is 128 g/mol. The fourth-order valence-electron chi connectivity index (χ4n) is 0.173. The summed E-state index contributed by atoms with van der Waals surface area (Å²) in [5.74, 6) is -0.500. The number of carbonyl (C=O) groups excluding carboxylic acids is 1. The van der Waals surface area contributed by atoms with Gasteiger partial charge in [0.15, 0.2) is 0 Å². The number of nitrogens with one attached hydrogen (secondary N) is 1. The van der Waals surface area contributed by atoms with Crippen LogP contribution in [-0.2, 0) is 15.8 Å². The molecule has 0 radical (unpaired) electrons. The Bertz CT molecular complexity index is 99.9. The molecule has 0 bridgehead atoms.